The fourth-order valence-electron chi connectivity index (χ4n) is 2.54. The molecule has 1 N–H and O–H groups in total. The third kappa shape index (κ3) is 2.17. The van der Waals surface area contributed by atoms with Gasteiger partial charge in [-0.3, -0.25) is 4.79 Å². The lowest BCUT2D eigenvalue weighted by Gasteiger charge is -2.22. The Labute approximate surface area is 92.2 Å². The first-order chi connectivity index (χ1) is 7.21. The van der Waals surface area contributed by atoms with E-state index in [1.165, 1.54) is 19.3 Å². The van der Waals surface area contributed by atoms with Gasteiger partial charge in [0.05, 0.1) is 6.04 Å². The molecule has 1 unspecified atom stereocenters. The Morgan fingerprint density at radius 3 is 2.73 bits per heavy atom. The molecule has 0 aromatic heterocycles. The lowest BCUT2D eigenvalue weighted by atomic mass is 10.0. The standard InChI is InChI=1S/C12H22N2O/c1-3-12(6-7-12)9-14-8-5-10(11(14)15)13-4-2/h10,13H,3-9H2,1-2H3. The molecule has 1 heterocycles. The molecule has 0 aromatic rings. The number of nitrogens with one attached hydrogen (secondary N) is 1. The maximum absolute atomic E-state index is 12.0. The summed E-state index contributed by atoms with van der Waals surface area (Å²) in [5.41, 5.74) is 0.497. The summed E-state index contributed by atoms with van der Waals surface area (Å²) in [6.07, 6.45) is 4.85. The number of carbonyl (C=O) groups excluding carboxylic acids is 1. The molecule has 2 fully saturated rings. The van der Waals surface area contributed by atoms with E-state index < -0.39 is 0 Å². The van der Waals surface area contributed by atoms with Gasteiger partial charge in [0.15, 0.2) is 0 Å². The van der Waals surface area contributed by atoms with Crippen molar-refractivity contribution in [3.8, 4) is 0 Å². The SMILES string of the molecule is CCNC1CCN(CC2(CC)CC2)C1=O. The largest absolute Gasteiger partial charge is 0.341 e. The van der Waals surface area contributed by atoms with E-state index in [4.69, 9.17) is 0 Å². The fraction of sp³-hybridized carbons (Fsp3) is 0.917. The van der Waals surface area contributed by atoms with Gasteiger partial charge >= 0.3 is 0 Å². The molecule has 1 aliphatic heterocycles. The van der Waals surface area contributed by atoms with Gasteiger partial charge < -0.3 is 10.2 Å². The highest BCUT2D eigenvalue weighted by molar-refractivity contribution is 5.84. The van der Waals surface area contributed by atoms with Gasteiger partial charge in [0.25, 0.3) is 0 Å². The van der Waals surface area contributed by atoms with E-state index in [2.05, 4.69) is 24.1 Å². The second-order valence-corrected chi connectivity index (χ2v) is 5.01. The first-order valence-corrected chi connectivity index (χ1v) is 6.23. The van der Waals surface area contributed by atoms with Gasteiger partial charge in [0.1, 0.15) is 0 Å². The zero-order valence-corrected chi connectivity index (χ0v) is 9.88. The Morgan fingerprint density at radius 1 is 1.47 bits per heavy atom. The average molecular weight is 210 g/mol. The van der Waals surface area contributed by atoms with Crippen LogP contribution in [0.5, 0.6) is 0 Å². The highest BCUT2D eigenvalue weighted by Crippen LogP contribution is 2.49. The monoisotopic (exact) mass is 210 g/mol. The molecule has 86 valence electrons. The Bertz CT molecular complexity index is 248. The van der Waals surface area contributed by atoms with Crippen LogP contribution in [-0.2, 0) is 4.79 Å². The molecule has 1 saturated heterocycles. The van der Waals surface area contributed by atoms with Crippen LogP contribution in [0, 0.1) is 5.41 Å². The van der Waals surface area contributed by atoms with E-state index in [1.807, 2.05) is 0 Å². The molecule has 0 radical (unpaired) electrons. The topological polar surface area (TPSA) is 32.3 Å². The molecule has 1 aliphatic carbocycles. The van der Waals surface area contributed by atoms with Gasteiger partial charge in [0.2, 0.25) is 5.91 Å². The molecule has 1 saturated carbocycles. The predicted molar refractivity (Wildman–Crippen MR) is 60.6 cm³/mol. The van der Waals surface area contributed by atoms with Gasteiger partial charge in [-0.15, -0.1) is 0 Å². The van der Waals surface area contributed by atoms with Crippen molar-refractivity contribution in [1.82, 2.24) is 10.2 Å². The summed E-state index contributed by atoms with van der Waals surface area (Å²) in [4.78, 5) is 14.1. The molecule has 3 heteroatoms. The number of likely N-dealkylation sites (N-methyl/N-ethyl adjacent to an activating group) is 1. The third-order valence-electron chi connectivity index (χ3n) is 3.98. The van der Waals surface area contributed by atoms with Crippen molar-refractivity contribution in [1.29, 1.82) is 0 Å². The maximum atomic E-state index is 12.0. The predicted octanol–water partition coefficient (Wildman–Crippen LogP) is 1.39. The van der Waals surface area contributed by atoms with Crippen LogP contribution in [0.25, 0.3) is 0 Å². The normalized spacial score (nSPS) is 28.5. The summed E-state index contributed by atoms with van der Waals surface area (Å²) in [6.45, 7) is 7.16. The van der Waals surface area contributed by atoms with Crippen LogP contribution in [0.1, 0.15) is 39.5 Å². The fourth-order valence-corrected chi connectivity index (χ4v) is 2.54. The summed E-state index contributed by atoms with van der Waals surface area (Å²) in [5, 5.41) is 3.26. The highest BCUT2D eigenvalue weighted by atomic mass is 16.2. The summed E-state index contributed by atoms with van der Waals surface area (Å²) in [5.74, 6) is 0.330. The molecule has 15 heavy (non-hydrogen) atoms. The van der Waals surface area contributed by atoms with Gasteiger partial charge in [-0.05, 0) is 37.6 Å². The molecule has 3 nitrogen and oxygen atoms in total. The van der Waals surface area contributed by atoms with Crippen molar-refractivity contribution >= 4 is 5.91 Å². The van der Waals surface area contributed by atoms with E-state index in [0.717, 1.165) is 26.1 Å². The zero-order chi connectivity index (χ0) is 10.9. The number of carbonyl (C=O) groups is 1. The minimum atomic E-state index is 0.0997. The molecule has 2 rings (SSSR count). The van der Waals surface area contributed by atoms with Crippen LogP contribution in [-0.4, -0.2) is 36.5 Å². The highest BCUT2D eigenvalue weighted by Gasteiger charge is 2.44. The second-order valence-electron chi connectivity index (χ2n) is 5.01. The van der Waals surface area contributed by atoms with Crippen molar-refractivity contribution in [3.63, 3.8) is 0 Å². The van der Waals surface area contributed by atoms with Crippen LogP contribution in [0.15, 0.2) is 0 Å². The van der Waals surface area contributed by atoms with Crippen molar-refractivity contribution in [3.05, 3.63) is 0 Å². The van der Waals surface area contributed by atoms with Crippen molar-refractivity contribution < 1.29 is 4.79 Å². The molecule has 0 spiro atoms. The molecular formula is C12H22N2O. The van der Waals surface area contributed by atoms with E-state index >= 15 is 0 Å². The van der Waals surface area contributed by atoms with Crippen LogP contribution in [0.3, 0.4) is 0 Å². The zero-order valence-electron chi connectivity index (χ0n) is 9.88. The van der Waals surface area contributed by atoms with Gasteiger partial charge in [-0.1, -0.05) is 13.8 Å². The summed E-state index contributed by atoms with van der Waals surface area (Å²) in [6, 6.07) is 0.0997. The first kappa shape index (κ1) is 10.9. The minimum absolute atomic E-state index is 0.0997. The van der Waals surface area contributed by atoms with Gasteiger partial charge in [0, 0.05) is 13.1 Å². The lowest BCUT2D eigenvalue weighted by molar-refractivity contribution is -0.130. The summed E-state index contributed by atoms with van der Waals surface area (Å²) < 4.78 is 0. The van der Waals surface area contributed by atoms with Crippen LogP contribution in [0.2, 0.25) is 0 Å². The van der Waals surface area contributed by atoms with Crippen LogP contribution < -0.4 is 5.32 Å². The number of rotatable bonds is 5. The van der Waals surface area contributed by atoms with E-state index in [9.17, 15) is 4.79 Å². The van der Waals surface area contributed by atoms with E-state index in [0.29, 0.717) is 11.3 Å². The summed E-state index contributed by atoms with van der Waals surface area (Å²) in [7, 11) is 0. The van der Waals surface area contributed by atoms with Gasteiger partial charge in [-0.25, -0.2) is 0 Å². The third-order valence-corrected chi connectivity index (χ3v) is 3.98. The second kappa shape index (κ2) is 4.12. The van der Waals surface area contributed by atoms with Crippen LogP contribution >= 0.6 is 0 Å². The summed E-state index contributed by atoms with van der Waals surface area (Å²) >= 11 is 0. The average Bonchev–Trinajstić information content (AvgIpc) is 2.94. The number of amides is 1. The van der Waals surface area contributed by atoms with Crippen LogP contribution in [0.4, 0.5) is 0 Å². The Kier molecular flexibility index (Phi) is 3.01. The first-order valence-electron chi connectivity index (χ1n) is 6.23. The molecule has 0 aromatic carbocycles. The molecule has 0 bridgehead atoms. The van der Waals surface area contributed by atoms with Gasteiger partial charge in [-0.2, -0.15) is 0 Å². The number of likely N-dealkylation sites (tertiary alicyclic amines) is 1. The smallest absolute Gasteiger partial charge is 0.239 e. The lowest BCUT2D eigenvalue weighted by Crippen LogP contribution is -2.40. The van der Waals surface area contributed by atoms with E-state index in [-0.39, 0.29) is 6.04 Å². The van der Waals surface area contributed by atoms with E-state index in [1.54, 1.807) is 0 Å². The Morgan fingerprint density at radius 2 is 2.20 bits per heavy atom. The van der Waals surface area contributed by atoms with Crippen molar-refractivity contribution in [2.24, 2.45) is 5.41 Å². The molecule has 2 aliphatic rings. The molecule has 1 amide bonds. The molecule has 1 atom stereocenters. The number of hydrogen-bond donors (Lipinski definition) is 1. The maximum Gasteiger partial charge on any atom is 0.239 e. The minimum Gasteiger partial charge on any atom is -0.341 e. The Hall–Kier alpha value is -0.570. The number of nitrogens with zero attached hydrogens (tertiary/aromatic N) is 1. The van der Waals surface area contributed by atoms with Crippen molar-refractivity contribution in [2.45, 2.75) is 45.6 Å². The molecular weight excluding hydrogens is 188 g/mol. The quantitative estimate of drug-likeness (QED) is 0.743. The number of hydrogen-bond acceptors (Lipinski definition) is 2. The van der Waals surface area contributed by atoms with Crippen molar-refractivity contribution in [2.75, 3.05) is 19.6 Å². The Balaban J connectivity index is 1.87.